The van der Waals surface area contributed by atoms with E-state index in [1.54, 1.807) is 12.1 Å². The fourth-order valence-electron chi connectivity index (χ4n) is 3.15. The molecule has 6 heteroatoms. The fourth-order valence-corrected chi connectivity index (χ4v) is 3.15. The third kappa shape index (κ3) is 3.64. The van der Waals surface area contributed by atoms with Gasteiger partial charge in [-0.05, 0) is 38.5 Å². The van der Waals surface area contributed by atoms with E-state index in [4.69, 9.17) is 14.3 Å². The van der Waals surface area contributed by atoms with Crippen molar-refractivity contribution >= 4 is 5.71 Å². The van der Waals surface area contributed by atoms with Crippen LogP contribution in [0.25, 0.3) is 0 Å². The summed E-state index contributed by atoms with van der Waals surface area (Å²) in [5.41, 5.74) is 1.50. The molecule has 0 aromatic heterocycles. The van der Waals surface area contributed by atoms with Crippen molar-refractivity contribution in [3.05, 3.63) is 29.6 Å². The Bertz CT molecular complexity index is 593. The average Bonchev–Trinajstić information content (AvgIpc) is 3.11. The fraction of sp³-hybridized carbons (Fsp3) is 0.588. The second-order valence-corrected chi connectivity index (χ2v) is 6.22. The average molecular weight is 322 g/mol. The van der Waals surface area contributed by atoms with Gasteiger partial charge in [0.25, 0.3) is 0 Å². The van der Waals surface area contributed by atoms with Crippen LogP contribution in [0.4, 0.5) is 4.39 Å². The number of nitrogens with zero attached hydrogens (tertiary/aromatic N) is 1. The smallest absolute Gasteiger partial charge is 0.165 e. The molecule has 2 aliphatic rings. The summed E-state index contributed by atoms with van der Waals surface area (Å²) in [5.74, 6) is -0.156. The minimum absolute atomic E-state index is 0.0294. The summed E-state index contributed by atoms with van der Waals surface area (Å²) >= 11 is 0. The van der Waals surface area contributed by atoms with Gasteiger partial charge in [0.05, 0.1) is 25.0 Å². The van der Waals surface area contributed by atoms with E-state index in [1.165, 1.54) is 13.2 Å². The third-order valence-corrected chi connectivity index (χ3v) is 4.43. The zero-order chi connectivity index (χ0) is 16.4. The Morgan fingerprint density at radius 2 is 2.22 bits per heavy atom. The van der Waals surface area contributed by atoms with Gasteiger partial charge in [-0.25, -0.2) is 4.39 Å². The van der Waals surface area contributed by atoms with Crippen molar-refractivity contribution < 1.29 is 18.7 Å². The Hall–Kier alpha value is -1.66. The number of oxime groups is 1. The number of rotatable bonds is 5. The normalized spacial score (nSPS) is 30.2. The number of hydrogen-bond donors (Lipinski definition) is 1. The molecule has 0 radical (unpaired) electrons. The van der Waals surface area contributed by atoms with Crippen LogP contribution < -0.4 is 10.1 Å². The van der Waals surface area contributed by atoms with Crippen molar-refractivity contribution in [1.82, 2.24) is 5.32 Å². The van der Waals surface area contributed by atoms with Crippen LogP contribution in [0.3, 0.4) is 0 Å². The van der Waals surface area contributed by atoms with E-state index in [2.05, 4.69) is 24.3 Å². The highest BCUT2D eigenvalue weighted by Crippen LogP contribution is 2.23. The number of benzene rings is 1. The first kappa shape index (κ1) is 16.2. The molecule has 5 nitrogen and oxygen atoms in total. The lowest BCUT2D eigenvalue weighted by Crippen LogP contribution is -2.39. The zero-order valence-electron chi connectivity index (χ0n) is 13.7. The van der Waals surface area contributed by atoms with Gasteiger partial charge in [-0.15, -0.1) is 0 Å². The van der Waals surface area contributed by atoms with Crippen LogP contribution in [0.5, 0.6) is 5.75 Å². The van der Waals surface area contributed by atoms with E-state index in [9.17, 15) is 4.39 Å². The lowest BCUT2D eigenvalue weighted by Gasteiger charge is -2.17. The molecule has 0 amide bonds. The van der Waals surface area contributed by atoms with Gasteiger partial charge in [0.15, 0.2) is 11.6 Å². The maximum absolute atomic E-state index is 13.8. The summed E-state index contributed by atoms with van der Waals surface area (Å²) in [7, 11) is 1.45. The highest BCUT2D eigenvalue weighted by atomic mass is 19.1. The maximum atomic E-state index is 13.8. The van der Waals surface area contributed by atoms with Crippen molar-refractivity contribution in [3.63, 3.8) is 0 Å². The number of hydrogen-bond acceptors (Lipinski definition) is 5. The van der Waals surface area contributed by atoms with Crippen LogP contribution in [0.15, 0.2) is 23.4 Å². The zero-order valence-corrected chi connectivity index (χ0v) is 13.7. The van der Waals surface area contributed by atoms with Gasteiger partial charge in [0.1, 0.15) is 6.10 Å². The molecule has 1 fully saturated rings. The van der Waals surface area contributed by atoms with Crippen molar-refractivity contribution in [3.8, 4) is 5.75 Å². The highest BCUT2D eigenvalue weighted by Gasteiger charge is 2.31. The predicted octanol–water partition coefficient (Wildman–Crippen LogP) is 2.48. The van der Waals surface area contributed by atoms with E-state index in [0.717, 1.165) is 17.7 Å². The highest BCUT2D eigenvalue weighted by molar-refractivity contribution is 6.01. The molecular weight excluding hydrogens is 299 g/mol. The number of ether oxygens (including phenoxy) is 2. The Morgan fingerprint density at radius 1 is 1.39 bits per heavy atom. The summed E-state index contributed by atoms with van der Waals surface area (Å²) < 4.78 is 24.4. The monoisotopic (exact) mass is 322 g/mol. The number of methoxy groups -OCH3 is 1. The largest absolute Gasteiger partial charge is 0.494 e. The lowest BCUT2D eigenvalue weighted by atomic mass is 10.0. The van der Waals surface area contributed by atoms with Gasteiger partial charge in [-0.3, -0.25) is 0 Å². The number of nitrogens with one attached hydrogen (secondary N) is 1. The molecular formula is C17H23FN2O3. The second kappa shape index (κ2) is 6.84. The van der Waals surface area contributed by atoms with E-state index < -0.39 is 0 Å². The van der Waals surface area contributed by atoms with Crippen molar-refractivity contribution in [1.29, 1.82) is 0 Å². The maximum Gasteiger partial charge on any atom is 0.165 e. The van der Waals surface area contributed by atoms with Gasteiger partial charge in [-0.2, -0.15) is 0 Å². The Labute approximate surface area is 135 Å². The summed E-state index contributed by atoms with van der Waals surface area (Å²) in [6.07, 6.45) is 2.14. The van der Waals surface area contributed by atoms with Crippen LogP contribution in [-0.2, 0) is 9.57 Å². The molecule has 126 valence electrons. The standard InChI is InChI=1S/C17H23FN2O3/c1-10-6-15(11(2)22-10)19-9-13-8-16(20-23-13)12-4-5-17(21-3)14(18)7-12/h4-5,7,10-11,13,15,19H,6,8-9H2,1-3H3. The summed E-state index contributed by atoms with van der Waals surface area (Å²) in [6, 6.07) is 5.19. The van der Waals surface area contributed by atoms with Crippen molar-refractivity contribution in [2.24, 2.45) is 5.16 Å². The quantitative estimate of drug-likeness (QED) is 0.905. The molecule has 1 N–H and O–H groups in total. The van der Waals surface area contributed by atoms with E-state index >= 15 is 0 Å². The first-order chi connectivity index (χ1) is 11.1. The molecule has 4 unspecified atom stereocenters. The predicted molar refractivity (Wildman–Crippen MR) is 85.4 cm³/mol. The van der Waals surface area contributed by atoms with Gasteiger partial charge in [-0.1, -0.05) is 5.16 Å². The Morgan fingerprint density at radius 3 is 2.87 bits per heavy atom. The molecule has 1 aromatic carbocycles. The summed E-state index contributed by atoms with van der Waals surface area (Å²) in [4.78, 5) is 5.47. The molecule has 0 saturated carbocycles. The molecule has 1 saturated heterocycles. The summed E-state index contributed by atoms with van der Waals surface area (Å²) in [5, 5.41) is 7.59. The van der Waals surface area contributed by atoms with Crippen LogP contribution >= 0.6 is 0 Å². The molecule has 3 rings (SSSR count). The summed E-state index contributed by atoms with van der Waals surface area (Å²) in [6.45, 7) is 4.87. The van der Waals surface area contributed by atoms with Crippen LogP contribution in [0.1, 0.15) is 32.3 Å². The van der Waals surface area contributed by atoms with Crippen LogP contribution in [-0.4, -0.2) is 43.7 Å². The van der Waals surface area contributed by atoms with E-state index in [0.29, 0.717) is 25.1 Å². The minimum Gasteiger partial charge on any atom is -0.494 e. The Kier molecular flexibility index (Phi) is 4.82. The first-order valence-electron chi connectivity index (χ1n) is 8.02. The van der Waals surface area contributed by atoms with Gasteiger partial charge >= 0.3 is 0 Å². The second-order valence-electron chi connectivity index (χ2n) is 6.22. The SMILES string of the molecule is COc1ccc(C2=NOC(CNC3CC(C)OC3C)C2)cc1F. The van der Waals surface area contributed by atoms with Gasteiger partial charge in [0.2, 0.25) is 0 Å². The number of halogens is 1. The van der Waals surface area contributed by atoms with Crippen LogP contribution in [0.2, 0.25) is 0 Å². The first-order valence-corrected chi connectivity index (χ1v) is 8.02. The molecule has 1 aromatic rings. The Balaban J connectivity index is 1.53. The minimum atomic E-state index is -0.389. The third-order valence-electron chi connectivity index (χ3n) is 4.43. The van der Waals surface area contributed by atoms with E-state index in [-0.39, 0.29) is 23.8 Å². The topological polar surface area (TPSA) is 52.1 Å². The van der Waals surface area contributed by atoms with Gasteiger partial charge < -0.3 is 19.6 Å². The molecule has 23 heavy (non-hydrogen) atoms. The molecule has 2 aliphatic heterocycles. The van der Waals surface area contributed by atoms with Gasteiger partial charge in [0, 0.05) is 24.6 Å². The van der Waals surface area contributed by atoms with Crippen molar-refractivity contribution in [2.45, 2.75) is 51.0 Å². The van der Waals surface area contributed by atoms with E-state index in [1.807, 2.05) is 0 Å². The van der Waals surface area contributed by atoms with Crippen molar-refractivity contribution in [2.75, 3.05) is 13.7 Å². The molecule has 0 bridgehead atoms. The molecule has 0 aliphatic carbocycles. The van der Waals surface area contributed by atoms with Crippen LogP contribution in [0, 0.1) is 5.82 Å². The molecule has 0 spiro atoms. The molecule has 4 atom stereocenters. The molecule has 2 heterocycles. The lowest BCUT2D eigenvalue weighted by molar-refractivity contribution is 0.0546.